The summed E-state index contributed by atoms with van der Waals surface area (Å²) in [6.45, 7) is 0. The average molecular weight is 309 g/mol. The molecule has 0 saturated heterocycles. The number of rotatable bonds is 2. The van der Waals surface area contributed by atoms with Gasteiger partial charge in [-0.3, -0.25) is 14.8 Å². The molecule has 23 heavy (non-hydrogen) atoms. The van der Waals surface area contributed by atoms with Crippen molar-refractivity contribution in [1.29, 1.82) is 0 Å². The minimum Gasteiger partial charge on any atom is -0.349 e. The maximum absolute atomic E-state index is 12.7. The first kappa shape index (κ1) is 14.6. The van der Waals surface area contributed by atoms with Crippen LogP contribution in [0.2, 0.25) is 0 Å². The van der Waals surface area contributed by atoms with Crippen molar-refractivity contribution in [3.8, 4) is 0 Å². The Balaban J connectivity index is 1.55. The van der Waals surface area contributed by atoms with Crippen molar-refractivity contribution in [2.24, 2.45) is 5.41 Å². The molecule has 0 bridgehead atoms. The van der Waals surface area contributed by atoms with Crippen molar-refractivity contribution in [3.05, 3.63) is 36.3 Å². The van der Waals surface area contributed by atoms with Gasteiger partial charge in [0.25, 0.3) is 5.91 Å². The molecule has 1 N–H and O–H groups in total. The molecule has 2 aliphatic carbocycles. The van der Waals surface area contributed by atoms with Gasteiger partial charge in [-0.2, -0.15) is 0 Å². The fraction of sp³-hybridized carbons (Fsp3) is 0.526. The van der Waals surface area contributed by atoms with E-state index in [2.05, 4.69) is 15.3 Å². The molecule has 0 aliphatic heterocycles. The topological polar surface area (TPSA) is 54.9 Å². The van der Waals surface area contributed by atoms with Gasteiger partial charge in [0.15, 0.2) is 0 Å². The summed E-state index contributed by atoms with van der Waals surface area (Å²) < 4.78 is 0. The van der Waals surface area contributed by atoms with Crippen molar-refractivity contribution in [3.63, 3.8) is 0 Å². The average Bonchev–Trinajstić information content (AvgIpc) is 3.06. The zero-order chi connectivity index (χ0) is 15.7. The molecule has 2 aromatic heterocycles. The van der Waals surface area contributed by atoms with Gasteiger partial charge in [0.1, 0.15) is 0 Å². The van der Waals surface area contributed by atoms with E-state index in [9.17, 15) is 4.79 Å². The van der Waals surface area contributed by atoms with Crippen LogP contribution in [0.5, 0.6) is 0 Å². The summed E-state index contributed by atoms with van der Waals surface area (Å²) in [5.74, 6) is 0.0226. The molecule has 2 aliphatic rings. The molecule has 2 aromatic rings. The molecule has 1 spiro atoms. The number of nitrogens with zero attached hydrogens (tertiary/aromatic N) is 2. The molecule has 4 rings (SSSR count). The highest BCUT2D eigenvalue weighted by Crippen LogP contribution is 2.49. The molecule has 1 amide bonds. The summed E-state index contributed by atoms with van der Waals surface area (Å²) in [4.78, 5) is 21.2. The Kier molecular flexibility index (Phi) is 3.76. The third-order valence-electron chi connectivity index (χ3n) is 5.81. The highest BCUT2D eigenvalue weighted by atomic mass is 16.1. The second-order valence-corrected chi connectivity index (χ2v) is 7.13. The summed E-state index contributed by atoms with van der Waals surface area (Å²) in [5, 5.41) is 4.30. The number of pyridine rings is 2. The van der Waals surface area contributed by atoms with Gasteiger partial charge in [-0.1, -0.05) is 25.7 Å². The zero-order valence-electron chi connectivity index (χ0n) is 13.4. The van der Waals surface area contributed by atoms with Crippen LogP contribution in [0.15, 0.2) is 30.7 Å². The number of nitrogens with one attached hydrogen (secondary N) is 1. The molecule has 2 heterocycles. The standard InChI is InChI=1S/C19H23N3O/c23-18(15-11-14-6-10-20-13-16(14)21-12-15)22-17-5-1-2-7-19(17)8-3-4-9-19/h6,10-13,17H,1-5,7-9H2,(H,22,23). The Hall–Kier alpha value is -1.97. The van der Waals surface area contributed by atoms with Crippen LogP contribution in [0.25, 0.3) is 10.9 Å². The molecular formula is C19H23N3O. The second-order valence-electron chi connectivity index (χ2n) is 7.13. The van der Waals surface area contributed by atoms with Gasteiger partial charge in [-0.25, -0.2) is 0 Å². The van der Waals surface area contributed by atoms with Gasteiger partial charge in [-0.05, 0) is 43.2 Å². The predicted octanol–water partition coefficient (Wildman–Crippen LogP) is 3.86. The van der Waals surface area contributed by atoms with Gasteiger partial charge in [0.05, 0.1) is 17.3 Å². The van der Waals surface area contributed by atoms with Gasteiger partial charge in [0, 0.05) is 23.8 Å². The van der Waals surface area contributed by atoms with Crippen molar-refractivity contribution >= 4 is 16.8 Å². The Morgan fingerprint density at radius 3 is 2.74 bits per heavy atom. The minimum absolute atomic E-state index is 0.0226. The Morgan fingerprint density at radius 2 is 1.91 bits per heavy atom. The highest BCUT2D eigenvalue weighted by molar-refractivity contribution is 5.97. The van der Waals surface area contributed by atoms with Gasteiger partial charge >= 0.3 is 0 Å². The number of amides is 1. The van der Waals surface area contributed by atoms with Crippen LogP contribution in [0.3, 0.4) is 0 Å². The summed E-state index contributed by atoms with van der Waals surface area (Å²) >= 11 is 0. The SMILES string of the molecule is O=C(NC1CCCCC12CCCC2)c1cnc2cnccc2c1. The van der Waals surface area contributed by atoms with E-state index in [0.717, 1.165) is 17.3 Å². The van der Waals surface area contributed by atoms with Gasteiger partial charge in [-0.15, -0.1) is 0 Å². The Labute approximate surface area is 136 Å². The van der Waals surface area contributed by atoms with E-state index in [1.165, 1.54) is 44.9 Å². The Morgan fingerprint density at radius 1 is 1.13 bits per heavy atom. The van der Waals surface area contributed by atoms with E-state index in [4.69, 9.17) is 0 Å². The molecule has 4 heteroatoms. The molecule has 0 aromatic carbocycles. The monoisotopic (exact) mass is 309 g/mol. The van der Waals surface area contributed by atoms with Crippen LogP contribution in [-0.2, 0) is 0 Å². The van der Waals surface area contributed by atoms with Crippen LogP contribution >= 0.6 is 0 Å². The van der Waals surface area contributed by atoms with Crippen molar-refractivity contribution in [2.75, 3.05) is 0 Å². The summed E-state index contributed by atoms with van der Waals surface area (Å²) in [6.07, 6.45) is 15.3. The highest BCUT2D eigenvalue weighted by Gasteiger charge is 2.43. The van der Waals surface area contributed by atoms with Gasteiger partial charge < -0.3 is 5.32 Å². The van der Waals surface area contributed by atoms with E-state index in [1.54, 1.807) is 18.6 Å². The molecule has 2 fully saturated rings. The van der Waals surface area contributed by atoms with Crippen LogP contribution in [-0.4, -0.2) is 21.9 Å². The first-order chi connectivity index (χ1) is 11.3. The van der Waals surface area contributed by atoms with Crippen LogP contribution in [0.4, 0.5) is 0 Å². The molecule has 1 unspecified atom stereocenters. The largest absolute Gasteiger partial charge is 0.349 e. The van der Waals surface area contributed by atoms with E-state index < -0.39 is 0 Å². The molecule has 2 saturated carbocycles. The molecule has 4 nitrogen and oxygen atoms in total. The lowest BCUT2D eigenvalue weighted by atomic mass is 9.69. The first-order valence-electron chi connectivity index (χ1n) is 8.78. The lowest BCUT2D eigenvalue weighted by Crippen LogP contribution is -2.48. The summed E-state index contributed by atoms with van der Waals surface area (Å²) in [6, 6.07) is 4.15. The van der Waals surface area contributed by atoms with Crippen molar-refractivity contribution < 1.29 is 4.79 Å². The quantitative estimate of drug-likeness (QED) is 0.916. The normalized spacial score (nSPS) is 23.2. The summed E-state index contributed by atoms with van der Waals surface area (Å²) in [7, 11) is 0. The molecule has 0 radical (unpaired) electrons. The van der Waals surface area contributed by atoms with E-state index in [1.807, 2.05) is 12.1 Å². The number of aromatic nitrogens is 2. The van der Waals surface area contributed by atoms with Crippen LogP contribution in [0.1, 0.15) is 61.7 Å². The van der Waals surface area contributed by atoms with E-state index in [0.29, 0.717) is 17.0 Å². The maximum Gasteiger partial charge on any atom is 0.253 e. The van der Waals surface area contributed by atoms with Gasteiger partial charge in [0.2, 0.25) is 0 Å². The van der Waals surface area contributed by atoms with Crippen LogP contribution < -0.4 is 5.32 Å². The number of fused-ring (bicyclic) bond motifs is 1. The summed E-state index contributed by atoms with van der Waals surface area (Å²) in [5.41, 5.74) is 1.85. The lowest BCUT2D eigenvalue weighted by molar-refractivity contribution is 0.0805. The Bertz CT molecular complexity index is 721. The first-order valence-corrected chi connectivity index (χ1v) is 8.78. The molecule has 1 atom stereocenters. The third kappa shape index (κ3) is 2.71. The second kappa shape index (κ2) is 5.91. The molecular weight excluding hydrogens is 286 g/mol. The number of carbonyl (C=O) groups excluding carboxylic acids is 1. The minimum atomic E-state index is 0.0226. The zero-order valence-corrected chi connectivity index (χ0v) is 13.4. The van der Waals surface area contributed by atoms with E-state index >= 15 is 0 Å². The lowest BCUT2D eigenvalue weighted by Gasteiger charge is -2.42. The fourth-order valence-corrected chi connectivity index (χ4v) is 4.55. The number of hydrogen-bond acceptors (Lipinski definition) is 3. The number of carbonyl (C=O) groups is 1. The number of hydrogen-bond donors (Lipinski definition) is 1. The van der Waals surface area contributed by atoms with Crippen molar-refractivity contribution in [2.45, 2.75) is 57.4 Å². The smallest absolute Gasteiger partial charge is 0.253 e. The van der Waals surface area contributed by atoms with Crippen LogP contribution in [0, 0.1) is 5.41 Å². The fourth-order valence-electron chi connectivity index (χ4n) is 4.55. The van der Waals surface area contributed by atoms with Crippen molar-refractivity contribution in [1.82, 2.24) is 15.3 Å². The third-order valence-corrected chi connectivity index (χ3v) is 5.81. The molecule has 120 valence electrons. The van der Waals surface area contributed by atoms with E-state index in [-0.39, 0.29) is 5.91 Å². The maximum atomic E-state index is 12.7. The predicted molar refractivity (Wildman–Crippen MR) is 90.2 cm³/mol.